The smallest absolute Gasteiger partial charge is 0.406 e. The molecule has 12 heteroatoms. The highest BCUT2D eigenvalue weighted by molar-refractivity contribution is 7.07. The first-order valence-corrected chi connectivity index (χ1v) is 12.4. The largest absolute Gasteiger partial charge is 0.573 e. The fraction of sp³-hybridized carbons (Fsp3) is 0.360. The molecule has 0 bridgehead atoms. The third-order valence-corrected chi connectivity index (χ3v) is 7.14. The summed E-state index contributed by atoms with van der Waals surface area (Å²) in [4.78, 5) is 20.5. The van der Waals surface area contributed by atoms with E-state index in [9.17, 15) is 26.7 Å². The number of fused-ring (bicyclic) bond motifs is 1. The molecule has 1 aromatic heterocycles. The SMILES string of the molecule is O=C(Oc1cscn1)N(Cc1cccc(OC(F)(F)F)c1)CC1C2CN(Cc3cc(F)cc(F)c3)CC21. The van der Waals surface area contributed by atoms with E-state index in [0.717, 1.165) is 19.2 Å². The van der Waals surface area contributed by atoms with Gasteiger partial charge in [-0.2, -0.15) is 0 Å². The van der Waals surface area contributed by atoms with Crippen LogP contribution in [0, 0.1) is 29.4 Å². The first-order valence-electron chi connectivity index (χ1n) is 11.5. The number of thiazole rings is 1. The van der Waals surface area contributed by atoms with Crippen LogP contribution in [0.5, 0.6) is 11.6 Å². The Bertz CT molecular complexity index is 1220. The highest BCUT2D eigenvalue weighted by atomic mass is 32.1. The van der Waals surface area contributed by atoms with Crippen LogP contribution in [0.3, 0.4) is 0 Å². The fourth-order valence-corrected chi connectivity index (χ4v) is 5.47. The van der Waals surface area contributed by atoms with Crippen LogP contribution in [0.15, 0.2) is 53.4 Å². The van der Waals surface area contributed by atoms with E-state index in [0.29, 0.717) is 36.1 Å². The van der Waals surface area contributed by atoms with Crippen molar-refractivity contribution < 1.29 is 36.2 Å². The second kappa shape index (κ2) is 10.3. The number of nitrogens with zero attached hydrogens (tertiary/aromatic N) is 3. The number of carbonyl (C=O) groups excluding carboxylic acids is 1. The molecule has 2 heterocycles. The Morgan fingerprint density at radius 2 is 1.81 bits per heavy atom. The number of ether oxygens (including phenoxy) is 2. The molecule has 0 N–H and O–H groups in total. The molecule has 1 saturated carbocycles. The quantitative estimate of drug-likeness (QED) is 0.344. The van der Waals surface area contributed by atoms with Crippen LogP contribution in [-0.4, -0.2) is 46.9 Å². The lowest BCUT2D eigenvalue weighted by Gasteiger charge is -2.25. The Balaban J connectivity index is 1.23. The Labute approximate surface area is 213 Å². The Kier molecular flexibility index (Phi) is 7.04. The van der Waals surface area contributed by atoms with Gasteiger partial charge in [0, 0.05) is 38.8 Å². The van der Waals surface area contributed by atoms with Gasteiger partial charge in [-0.1, -0.05) is 12.1 Å². The van der Waals surface area contributed by atoms with E-state index in [2.05, 4.69) is 14.6 Å². The van der Waals surface area contributed by atoms with Crippen LogP contribution in [0.4, 0.5) is 26.7 Å². The van der Waals surface area contributed by atoms with Crippen molar-refractivity contribution in [1.82, 2.24) is 14.8 Å². The van der Waals surface area contributed by atoms with Gasteiger partial charge in [0.1, 0.15) is 17.4 Å². The lowest BCUT2D eigenvalue weighted by atomic mass is 10.1. The molecule has 5 rings (SSSR count). The molecule has 2 atom stereocenters. The van der Waals surface area contributed by atoms with Gasteiger partial charge in [-0.3, -0.25) is 4.90 Å². The maximum atomic E-state index is 13.5. The van der Waals surface area contributed by atoms with Crippen molar-refractivity contribution in [2.45, 2.75) is 19.5 Å². The summed E-state index contributed by atoms with van der Waals surface area (Å²) in [6, 6.07) is 8.95. The Morgan fingerprint density at radius 1 is 1.08 bits per heavy atom. The molecular formula is C25H22F5N3O3S. The van der Waals surface area contributed by atoms with Gasteiger partial charge in [-0.15, -0.1) is 24.5 Å². The van der Waals surface area contributed by atoms with Gasteiger partial charge >= 0.3 is 12.5 Å². The molecule has 37 heavy (non-hydrogen) atoms. The Morgan fingerprint density at radius 3 is 2.46 bits per heavy atom. The van der Waals surface area contributed by atoms with Crippen molar-refractivity contribution in [2.75, 3.05) is 19.6 Å². The van der Waals surface area contributed by atoms with Crippen LogP contribution in [0.1, 0.15) is 11.1 Å². The van der Waals surface area contributed by atoms with Crippen LogP contribution in [0.25, 0.3) is 0 Å². The monoisotopic (exact) mass is 539 g/mol. The molecular weight excluding hydrogens is 517 g/mol. The molecule has 2 fully saturated rings. The summed E-state index contributed by atoms with van der Waals surface area (Å²) in [7, 11) is 0. The zero-order valence-corrected chi connectivity index (χ0v) is 20.1. The number of amides is 1. The van der Waals surface area contributed by atoms with Crippen molar-refractivity contribution in [3.63, 3.8) is 0 Å². The molecule has 2 aliphatic rings. The van der Waals surface area contributed by atoms with Crippen LogP contribution >= 0.6 is 11.3 Å². The lowest BCUT2D eigenvalue weighted by Crippen LogP contribution is -2.36. The molecule has 2 unspecified atom stereocenters. The summed E-state index contributed by atoms with van der Waals surface area (Å²) < 4.78 is 74.3. The second-order valence-corrected chi connectivity index (χ2v) is 9.95. The minimum atomic E-state index is -4.82. The van der Waals surface area contributed by atoms with E-state index in [1.807, 2.05) is 0 Å². The number of likely N-dealkylation sites (tertiary alicyclic amines) is 1. The van der Waals surface area contributed by atoms with E-state index < -0.39 is 24.1 Å². The maximum Gasteiger partial charge on any atom is 0.573 e. The molecule has 0 spiro atoms. The van der Waals surface area contributed by atoms with Crippen molar-refractivity contribution in [2.24, 2.45) is 17.8 Å². The molecule has 2 aromatic carbocycles. The minimum absolute atomic E-state index is 0.0280. The number of piperidine rings is 1. The molecule has 1 aliphatic heterocycles. The highest BCUT2D eigenvalue weighted by Gasteiger charge is 2.56. The average Bonchev–Trinajstić information content (AvgIpc) is 3.16. The van der Waals surface area contributed by atoms with E-state index in [-0.39, 0.29) is 24.1 Å². The number of aromatic nitrogens is 1. The van der Waals surface area contributed by atoms with Gasteiger partial charge in [0.2, 0.25) is 5.88 Å². The molecule has 0 radical (unpaired) electrons. The highest BCUT2D eigenvalue weighted by Crippen LogP contribution is 2.52. The number of benzene rings is 2. The van der Waals surface area contributed by atoms with Gasteiger partial charge in [0.15, 0.2) is 0 Å². The number of hydrogen-bond acceptors (Lipinski definition) is 6. The third-order valence-electron chi connectivity index (χ3n) is 6.57. The molecule has 1 saturated heterocycles. The third kappa shape index (κ3) is 6.55. The first-order chi connectivity index (χ1) is 17.6. The van der Waals surface area contributed by atoms with Gasteiger partial charge in [-0.25, -0.2) is 18.6 Å². The zero-order valence-electron chi connectivity index (χ0n) is 19.3. The first kappa shape index (κ1) is 25.4. The van der Waals surface area contributed by atoms with Crippen molar-refractivity contribution in [1.29, 1.82) is 0 Å². The Hall–Kier alpha value is -3.25. The summed E-state index contributed by atoms with van der Waals surface area (Å²) in [5.41, 5.74) is 2.54. The number of hydrogen-bond donors (Lipinski definition) is 0. The molecule has 1 aliphatic carbocycles. The zero-order chi connectivity index (χ0) is 26.2. The normalized spacial score (nSPS) is 20.9. The number of carbonyl (C=O) groups is 1. The topological polar surface area (TPSA) is 54.9 Å². The van der Waals surface area contributed by atoms with Crippen LogP contribution in [-0.2, 0) is 13.1 Å². The molecule has 196 valence electrons. The van der Waals surface area contributed by atoms with Gasteiger partial charge < -0.3 is 14.4 Å². The van der Waals surface area contributed by atoms with E-state index in [1.165, 1.54) is 52.1 Å². The molecule has 6 nitrogen and oxygen atoms in total. The maximum absolute atomic E-state index is 13.5. The summed E-state index contributed by atoms with van der Waals surface area (Å²) in [6.45, 7) is 2.25. The van der Waals surface area contributed by atoms with Crippen LogP contribution in [0.2, 0.25) is 0 Å². The standard InChI is InChI=1S/C25H22F5N3O3S/c26-17-4-16(5-18(27)7-17)8-32-10-20-21(11-32)22(20)12-33(24(34)35-23-13-37-14-31-23)9-15-2-1-3-19(6-15)36-25(28,29)30/h1-7,13-14,20-22H,8-12H2. The predicted molar refractivity (Wildman–Crippen MR) is 124 cm³/mol. The summed E-state index contributed by atoms with van der Waals surface area (Å²) >= 11 is 1.26. The molecule has 1 amide bonds. The van der Waals surface area contributed by atoms with Crippen molar-refractivity contribution >= 4 is 17.4 Å². The van der Waals surface area contributed by atoms with E-state index >= 15 is 0 Å². The summed E-state index contributed by atoms with van der Waals surface area (Å²) in [6.07, 6.45) is -5.47. The average molecular weight is 540 g/mol. The number of halogens is 5. The minimum Gasteiger partial charge on any atom is -0.406 e. The lowest BCUT2D eigenvalue weighted by molar-refractivity contribution is -0.274. The summed E-state index contributed by atoms with van der Waals surface area (Å²) in [5.74, 6) is -0.671. The molecule has 3 aromatic rings. The van der Waals surface area contributed by atoms with Gasteiger partial charge in [0.25, 0.3) is 0 Å². The van der Waals surface area contributed by atoms with Crippen LogP contribution < -0.4 is 9.47 Å². The fourth-order valence-electron chi connectivity index (χ4n) is 5.02. The number of rotatable bonds is 8. The van der Waals surface area contributed by atoms with Crippen molar-refractivity contribution in [3.05, 3.63) is 76.1 Å². The van der Waals surface area contributed by atoms with Gasteiger partial charge in [0.05, 0.1) is 10.9 Å². The van der Waals surface area contributed by atoms with Gasteiger partial charge in [-0.05, 0) is 53.1 Å². The predicted octanol–water partition coefficient (Wildman–Crippen LogP) is 5.70. The number of alkyl halides is 3. The summed E-state index contributed by atoms with van der Waals surface area (Å²) in [5, 5.41) is 1.58. The van der Waals surface area contributed by atoms with E-state index in [4.69, 9.17) is 4.74 Å². The van der Waals surface area contributed by atoms with Crippen molar-refractivity contribution in [3.8, 4) is 11.6 Å². The second-order valence-electron chi connectivity index (χ2n) is 9.23. The van der Waals surface area contributed by atoms with E-state index in [1.54, 1.807) is 11.4 Å².